The maximum Gasteiger partial charge on any atom is 0.248 e. The van der Waals surface area contributed by atoms with Gasteiger partial charge < -0.3 is 5.11 Å². The highest BCUT2D eigenvalue weighted by Crippen LogP contribution is 2.36. The van der Waals surface area contributed by atoms with Gasteiger partial charge in [0.15, 0.2) is 0 Å². The van der Waals surface area contributed by atoms with Crippen LogP contribution in [0.2, 0.25) is 0 Å². The van der Waals surface area contributed by atoms with Gasteiger partial charge in [0, 0.05) is 24.9 Å². The molecule has 0 radical (unpaired) electrons. The van der Waals surface area contributed by atoms with Crippen LogP contribution in [0.15, 0.2) is 29.2 Å². The number of nitrogens with zero attached hydrogens (tertiary/aromatic N) is 4. The van der Waals surface area contributed by atoms with Gasteiger partial charge in [0.05, 0.1) is 18.0 Å². The average Bonchev–Trinajstić information content (AvgIpc) is 3.10. The molecule has 1 aliphatic carbocycles. The Labute approximate surface area is 155 Å². The molecular formula is C16H21F2N5O3S. The standard InChI is InChI=1S/C16H21F2N5O3S/c17-16(18)7-5-12(6-8-16)11-23-21-15(20-22-23)13-1-3-14(4-2-13)27(25,26)19-9-10-24/h1-4,12,19,24H,5-11H2. The Morgan fingerprint density at radius 1 is 1.22 bits per heavy atom. The number of halogens is 2. The van der Waals surface area contributed by atoms with Crippen molar-refractivity contribution in [2.45, 2.75) is 43.0 Å². The molecular weight excluding hydrogens is 380 g/mol. The largest absolute Gasteiger partial charge is 0.395 e. The molecule has 0 unspecified atom stereocenters. The van der Waals surface area contributed by atoms with Crippen molar-refractivity contribution in [2.75, 3.05) is 13.2 Å². The quantitative estimate of drug-likeness (QED) is 0.726. The maximum absolute atomic E-state index is 13.2. The highest BCUT2D eigenvalue weighted by Gasteiger charge is 2.35. The van der Waals surface area contributed by atoms with E-state index in [-0.39, 0.29) is 36.8 Å². The third kappa shape index (κ3) is 5.05. The van der Waals surface area contributed by atoms with Crippen LogP contribution in [0.3, 0.4) is 0 Å². The second-order valence-corrected chi connectivity index (χ2v) is 8.38. The number of hydrogen-bond acceptors (Lipinski definition) is 6. The molecule has 1 heterocycles. The molecule has 11 heteroatoms. The first-order valence-corrected chi connectivity index (χ1v) is 10.1. The normalized spacial score (nSPS) is 17.9. The Balaban J connectivity index is 1.64. The van der Waals surface area contributed by atoms with Crippen molar-refractivity contribution in [2.24, 2.45) is 5.92 Å². The van der Waals surface area contributed by atoms with E-state index >= 15 is 0 Å². The summed E-state index contributed by atoms with van der Waals surface area (Å²) in [5, 5.41) is 20.9. The van der Waals surface area contributed by atoms with Crippen molar-refractivity contribution in [3.8, 4) is 11.4 Å². The lowest BCUT2D eigenvalue weighted by Gasteiger charge is -2.27. The van der Waals surface area contributed by atoms with Crippen LogP contribution in [-0.2, 0) is 16.6 Å². The van der Waals surface area contributed by atoms with E-state index in [0.717, 1.165) is 0 Å². The van der Waals surface area contributed by atoms with Crippen LogP contribution in [0.1, 0.15) is 25.7 Å². The highest BCUT2D eigenvalue weighted by atomic mass is 32.2. The lowest BCUT2D eigenvalue weighted by atomic mass is 9.87. The molecule has 0 atom stereocenters. The summed E-state index contributed by atoms with van der Waals surface area (Å²) < 4.78 is 52.7. The van der Waals surface area contributed by atoms with Crippen molar-refractivity contribution < 1.29 is 22.3 Å². The number of hydrogen-bond donors (Lipinski definition) is 2. The first kappa shape index (κ1) is 19.8. The summed E-state index contributed by atoms with van der Waals surface area (Å²) in [6, 6.07) is 5.96. The number of tetrazole rings is 1. The fraction of sp³-hybridized carbons (Fsp3) is 0.562. The smallest absolute Gasteiger partial charge is 0.248 e. The first-order chi connectivity index (χ1) is 12.8. The zero-order chi connectivity index (χ0) is 19.5. The van der Waals surface area contributed by atoms with E-state index < -0.39 is 15.9 Å². The molecule has 0 amide bonds. The van der Waals surface area contributed by atoms with Crippen molar-refractivity contribution in [3.63, 3.8) is 0 Å². The predicted molar refractivity (Wildman–Crippen MR) is 92.4 cm³/mol. The average molecular weight is 401 g/mol. The van der Waals surface area contributed by atoms with Crippen molar-refractivity contribution >= 4 is 10.0 Å². The van der Waals surface area contributed by atoms with E-state index in [9.17, 15) is 17.2 Å². The lowest BCUT2D eigenvalue weighted by Crippen LogP contribution is -2.27. The van der Waals surface area contributed by atoms with Gasteiger partial charge in [0.2, 0.25) is 21.8 Å². The van der Waals surface area contributed by atoms with Crippen LogP contribution in [0.4, 0.5) is 8.78 Å². The van der Waals surface area contributed by atoms with Crippen LogP contribution in [0, 0.1) is 5.92 Å². The number of aromatic nitrogens is 4. The SMILES string of the molecule is O=S(=O)(NCCO)c1ccc(-c2nnn(CC3CCC(F)(F)CC3)n2)cc1. The fourth-order valence-corrected chi connectivity index (χ4v) is 4.02. The number of rotatable bonds is 7. The topological polar surface area (TPSA) is 110 Å². The van der Waals surface area contributed by atoms with Crippen LogP contribution in [0.25, 0.3) is 11.4 Å². The molecule has 1 saturated carbocycles. The Hall–Kier alpha value is -1.98. The lowest BCUT2D eigenvalue weighted by molar-refractivity contribution is -0.0480. The summed E-state index contributed by atoms with van der Waals surface area (Å²) >= 11 is 0. The molecule has 2 aromatic rings. The molecule has 0 saturated heterocycles. The van der Waals surface area contributed by atoms with E-state index in [4.69, 9.17) is 5.11 Å². The number of sulfonamides is 1. The molecule has 1 fully saturated rings. The van der Waals surface area contributed by atoms with E-state index in [1.54, 1.807) is 12.1 Å². The van der Waals surface area contributed by atoms with Gasteiger partial charge in [-0.2, -0.15) is 4.80 Å². The van der Waals surface area contributed by atoms with Crippen LogP contribution >= 0.6 is 0 Å². The summed E-state index contributed by atoms with van der Waals surface area (Å²) in [7, 11) is -3.68. The fourth-order valence-electron chi connectivity index (χ4n) is 3.00. The Bertz CT molecular complexity index is 860. The predicted octanol–water partition coefficient (Wildman–Crippen LogP) is 1.44. The minimum Gasteiger partial charge on any atom is -0.395 e. The third-order valence-electron chi connectivity index (χ3n) is 4.54. The van der Waals surface area contributed by atoms with Gasteiger partial charge in [0.1, 0.15) is 0 Å². The van der Waals surface area contributed by atoms with Gasteiger partial charge in [-0.15, -0.1) is 10.2 Å². The van der Waals surface area contributed by atoms with Crippen molar-refractivity contribution in [3.05, 3.63) is 24.3 Å². The monoisotopic (exact) mass is 401 g/mol. The second kappa shape index (κ2) is 7.95. The number of aliphatic hydroxyl groups is 1. The minimum absolute atomic E-state index is 0.0624. The Morgan fingerprint density at radius 2 is 1.89 bits per heavy atom. The second-order valence-electron chi connectivity index (χ2n) is 6.61. The molecule has 1 aromatic heterocycles. The van der Waals surface area contributed by atoms with E-state index in [0.29, 0.717) is 30.8 Å². The summed E-state index contributed by atoms with van der Waals surface area (Å²) in [6.07, 6.45) is 0.632. The van der Waals surface area contributed by atoms with Crippen LogP contribution < -0.4 is 4.72 Å². The number of aliphatic hydroxyl groups excluding tert-OH is 1. The first-order valence-electron chi connectivity index (χ1n) is 8.66. The zero-order valence-electron chi connectivity index (χ0n) is 14.6. The van der Waals surface area contributed by atoms with Gasteiger partial charge >= 0.3 is 0 Å². The molecule has 8 nitrogen and oxygen atoms in total. The Kier molecular flexibility index (Phi) is 5.82. The maximum atomic E-state index is 13.2. The molecule has 1 aromatic carbocycles. The van der Waals surface area contributed by atoms with Gasteiger partial charge in [-0.05, 0) is 48.2 Å². The molecule has 3 rings (SSSR count). The number of alkyl halides is 2. The molecule has 0 aliphatic heterocycles. The van der Waals surface area contributed by atoms with Crippen LogP contribution in [0.5, 0.6) is 0 Å². The van der Waals surface area contributed by atoms with Gasteiger partial charge in [0.25, 0.3) is 0 Å². The summed E-state index contributed by atoms with van der Waals surface area (Å²) in [6.45, 7) is 0.0800. The third-order valence-corrected chi connectivity index (χ3v) is 6.01. The Morgan fingerprint density at radius 3 is 2.52 bits per heavy atom. The van der Waals surface area contributed by atoms with Crippen molar-refractivity contribution in [1.82, 2.24) is 24.9 Å². The van der Waals surface area contributed by atoms with Crippen molar-refractivity contribution in [1.29, 1.82) is 0 Å². The molecule has 0 spiro atoms. The van der Waals surface area contributed by atoms with Gasteiger partial charge in [-0.25, -0.2) is 21.9 Å². The molecule has 1 aliphatic rings. The van der Waals surface area contributed by atoms with Gasteiger partial charge in [-0.3, -0.25) is 0 Å². The zero-order valence-corrected chi connectivity index (χ0v) is 15.4. The van der Waals surface area contributed by atoms with Crippen LogP contribution in [-0.4, -0.2) is 52.8 Å². The van der Waals surface area contributed by atoms with E-state index in [1.165, 1.54) is 16.9 Å². The summed E-state index contributed by atoms with van der Waals surface area (Å²) in [4.78, 5) is 1.46. The molecule has 2 N–H and O–H groups in total. The highest BCUT2D eigenvalue weighted by molar-refractivity contribution is 7.89. The molecule has 148 valence electrons. The summed E-state index contributed by atoms with van der Waals surface area (Å²) in [5.41, 5.74) is 0.595. The minimum atomic E-state index is -3.68. The van der Waals surface area contributed by atoms with E-state index in [2.05, 4.69) is 20.1 Å². The van der Waals surface area contributed by atoms with E-state index in [1.807, 2.05) is 0 Å². The molecule has 27 heavy (non-hydrogen) atoms. The number of benzene rings is 1. The molecule has 0 bridgehead atoms. The van der Waals surface area contributed by atoms with Gasteiger partial charge in [-0.1, -0.05) is 0 Å². The summed E-state index contributed by atoms with van der Waals surface area (Å²) in [5.74, 6) is -2.13. The number of nitrogens with one attached hydrogen (secondary N) is 1.